The van der Waals surface area contributed by atoms with E-state index in [0.717, 1.165) is 0 Å². The molecule has 1 atom stereocenters. The standard InChI is InChI=1S/C12H11F3O3/c1-8(16)10(12(13,14)15)11(17)18-7-9-5-3-2-4-6-9/h2-6,10H,7H2,1H3. The third kappa shape index (κ3) is 3.87. The molecule has 3 nitrogen and oxygen atoms in total. The van der Waals surface area contributed by atoms with Crippen LogP contribution >= 0.6 is 0 Å². The molecule has 0 saturated carbocycles. The highest BCUT2D eigenvalue weighted by molar-refractivity contribution is 5.98. The average molecular weight is 260 g/mol. The van der Waals surface area contributed by atoms with E-state index in [1.807, 2.05) is 0 Å². The summed E-state index contributed by atoms with van der Waals surface area (Å²) in [6.07, 6.45) is -4.92. The van der Waals surface area contributed by atoms with Gasteiger partial charge in [0.2, 0.25) is 5.92 Å². The van der Waals surface area contributed by atoms with Crippen LogP contribution in [0.1, 0.15) is 12.5 Å². The molecule has 6 heteroatoms. The predicted octanol–water partition coefficient (Wildman–Crippen LogP) is 2.50. The summed E-state index contributed by atoms with van der Waals surface area (Å²) in [6, 6.07) is 8.25. The van der Waals surface area contributed by atoms with Crippen molar-refractivity contribution in [3.05, 3.63) is 35.9 Å². The lowest BCUT2D eigenvalue weighted by molar-refractivity contribution is -0.198. The summed E-state index contributed by atoms with van der Waals surface area (Å²) in [5.74, 6) is -5.55. The number of rotatable bonds is 4. The molecule has 0 saturated heterocycles. The summed E-state index contributed by atoms with van der Waals surface area (Å²) in [6.45, 7) is 0.418. The van der Waals surface area contributed by atoms with Gasteiger partial charge in [0.05, 0.1) is 0 Å². The fraction of sp³-hybridized carbons (Fsp3) is 0.333. The molecule has 98 valence electrons. The molecule has 0 spiro atoms. The minimum absolute atomic E-state index is 0.292. The number of alkyl halides is 3. The van der Waals surface area contributed by atoms with Gasteiger partial charge in [-0.05, 0) is 12.5 Å². The summed E-state index contributed by atoms with van der Waals surface area (Å²) >= 11 is 0. The highest BCUT2D eigenvalue weighted by Gasteiger charge is 2.49. The van der Waals surface area contributed by atoms with Crippen molar-refractivity contribution < 1.29 is 27.5 Å². The number of hydrogen-bond acceptors (Lipinski definition) is 3. The third-order valence-electron chi connectivity index (χ3n) is 2.19. The van der Waals surface area contributed by atoms with Crippen molar-refractivity contribution in [3.8, 4) is 0 Å². The number of esters is 1. The van der Waals surface area contributed by atoms with E-state index < -0.39 is 23.8 Å². The van der Waals surface area contributed by atoms with Crippen LogP contribution in [0.2, 0.25) is 0 Å². The number of Topliss-reactive ketones (excluding diaryl/α,β-unsaturated/α-hetero) is 1. The number of carbonyl (C=O) groups excluding carboxylic acids is 2. The van der Waals surface area contributed by atoms with Crippen molar-refractivity contribution in [1.82, 2.24) is 0 Å². The highest BCUT2D eigenvalue weighted by atomic mass is 19.4. The quantitative estimate of drug-likeness (QED) is 0.617. The van der Waals surface area contributed by atoms with Crippen LogP contribution in [0.15, 0.2) is 30.3 Å². The monoisotopic (exact) mass is 260 g/mol. The summed E-state index contributed by atoms with van der Waals surface area (Å²) < 4.78 is 41.8. The van der Waals surface area contributed by atoms with Crippen LogP contribution in [0.25, 0.3) is 0 Å². The second kappa shape index (κ2) is 5.66. The summed E-state index contributed by atoms with van der Waals surface area (Å²) in [7, 11) is 0. The van der Waals surface area contributed by atoms with Crippen LogP contribution in [0.3, 0.4) is 0 Å². The van der Waals surface area contributed by atoms with Gasteiger partial charge in [-0.3, -0.25) is 9.59 Å². The Balaban J connectivity index is 2.67. The Morgan fingerprint density at radius 1 is 1.22 bits per heavy atom. The minimum atomic E-state index is -4.92. The van der Waals surface area contributed by atoms with Gasteiger partial charge < -0.3 is 4.74 Å². The molecule has 1 aromatic rings. The van der Waals surface area contributed by atoms with Gasteiger partial charge in [0, 0.05) is 0 Å². The van der Waals surface area contributed by atoms with Crippen molar-refractivity contribution >= 4 is 11.8 Å². The molecule has 0 radical (unpaired) electrons. The normalized spacial score (nSPS) is 12.9. The van der Waals surface area contributed by atoms with Gasteiger partial charge in [-0.2, -0.15) is 13.2 Å². The molecular formula is C12H11F3O3. The highest BCUT2D eigenvalue weighted by Crippen LogP contribution is 2.28. The summed E-state index contributed by atoms with van der Waals surface area (Å²) in [5, 5.41) is 0. The average Bonchev–Trinajstić information content (AvgIpc) is 2.25. The third-order valence-corrected chi connectivity index (χ3v) is 2.19. The molecule has 1 aromatic carbocycles. The van der Waals surface area contributed by atoms with Gasteiger partial charge in [0.25, 0.3) is 0 Å². The Hall–Kier alpha value is -1.85. The first-order valence-electron chi connectivity index (χ1n) is 5.10. The van der Waals surface area contributed by atoms with Crippen LogP contribution in [0.5, 0.6) is 0 Å². The van der Waals surface area contributed by atoms with Gasteiger partial charge in [-0.15, -0.1) is 0 Å². The van der Waals surface area contributed by atoms with Gasteiger partial charge in [-0.1, -0.05) is 30.3 Å². The fourth-order valence-electron chi connectivity index (χ4n) is 1.34. The molecule has 1 rings (SSSR count). The fourth-order valence-corrected chi connectivity index (χ4v) is 1.34. The molecule has 0 heterocycles. The number of ether oxygens (including phenoxy) is 1. The topological polar surface area (TPSA) is 43.4 Å². The molecule has 0 bridgehead atoms. The number of benzene rings is 1. The number of ketones is 1. The first-order valence-corrected chi connectivity index (χ1v) is 5.10. The maximum Gasteiger partial charge on any atom is 0.409 e. The Kier molecular flexibility index (Phi) is 4.47. The SMILES string of the molecule is CC(=O)C(C(=O)OCc1ccccc1)C(F)(F)F. The number of carbonyl (C=O) groups is 2. The van der Waals surface area contributed by atoms with E-state index in [1.165, 1.54) is 0 Å². The van der Waals surface area contributed by atoms with Crippen LogP contribution in [0.4, 0.5) is 13.2 Å². The Morgan fingerprint density at radius 2 is 1.78 bits per heavy atom. The first-order chi connectivity index (χ1) is 8.32. The second-order valence-corrected chi connectivity index (χ2v) is 3.68. The smallest absolute Gasteiger partial charge is 0.409 e. The molecule has 0 amide bonds. The van der Waals surface area contributed by atoms with E-state index in [1.54, 1.807) is 30.3 Å². The van der Waals surface area contributed by atoms with E-state index in [2.05, 4.69) is 4.74 Å². The van der Waals surface area contributed by atoms with E-state index in [0.29, 0.717) is 12.5 Å². The Bertz CT molecular complexity index is 426. The predicted molar refractivity (Wildman–Crippen MR) is 56.5 cm³/mol. The van der Waals surface area contributed by atoms with Crippen molar-refractivity contribution in [3.63, 3.8) is 0 Å². The van der Waals surface area contributed by atoms with Gasteiger partial charge in [0.15, 0.2) is 5.78 Å². The minimum Gasteiger partial charge on any atom is -0.460 e. The lowest BCUT2D eigenvalue weighted by Gasteiger charge is -2.16. The van der Waals surface area contributed by atoms with Crippen LogP contribution in [-0.4, -0.2) is 17.9 Å². The van der Waals surface area contributed by atoms with E-state index in [-0.39, 0.29) is 6.61 Å². The van der Waals surface area contributed by atoms with Crippen molar-refractivity contribution in [2.45, 2.75) is 19.7 Å². The lowest BCUT2D eigenvalue weighted by atomic mass is 10.1. The molecule has 0 aliphatic carbocycles. The largest absolute Gasteiger partial charge is 0.460 e. The summed E-state index contributed by atoms with van der Waals surface area (Å²) in [4.78, 5) is 22.1. The zero-order valence-electron chi connectivity index (χ0n) is 9.53. The van der Waals surface area contributed by atoms with Gasteiger partial charge in [-0.25, -0.2) is 0 Å². The van der Waals surface area contributed by atoms with Crippen LogP contribution in [-0.2, 0) is 20.9 Å². The molecule has 18 heavy (non-hydrogen) atoms. The first kappa shape index (κ1) is 14.2. The molecular weight excluding hydrogens is 249 g/mol. The van der Waals surface area contributed by atoms with E-state index in [4.69, 9.17) is 0 Å². The van der Waals surface area contributed by atoms with E-state index >= 15 is 0 Å². The zero-order valence-corrected chi connectivity index (χ0v) is 9.53. The maximum atomic E-state index is 12.4. The van der Waals surface area contributed by atoms with Crippen molar-refractivity contribution in [1.29, 1.82) is 0 Å². The molecule has 0 N–H and O–H groups in total. The lowest BCUT2D eigenvalue weighted by Crippen LogP contribution is -2.37. The van der Waals surface area contributed by atoms with Crippen LogP contribution in [0, 0.1) is 5.92 Å². The van der Waals surface area contributed by atoms with Crippen LogP contribution < -0.4 is 0 Å². The molecule has 0 aliphatic heterocycles. The van der Waals surface area contributed by atoms with Gasteiger partial charge in [0.1, 0.15) is 6.61 Å². The zero-order chi connectivity index (χ0) is 13.8. The molecule has 0 fully saturated rings. The Morgan fingerprint density at radius 3 is 2.22 bits per heavy atom. The maximum absolute atomic E-state index is 12.4. The van der Waals surface area contributed by atoms with Crippen molar-refractivity contribution in [2.75, 3.05) is 0 Å². The molecule has 0 aliphatic rings. The number of halogens is 3. The Labute approximate surface area is 102 Å². The van der Waals surface area contributed by atoms with Gasteiger partial charge >= 0.3 is 12.1 Å². The van der Waals surface area contributed by atoms with Crippen molar-refractivity contribution in [2.24, 2.45) is 5.92 Å². The molecule has 0 aromatic heterocycles. The summed E-state index contributed by atoms with van der Waals surface area (Å²) in [5.41, 5.74) is 0.551. The number of hydrogen-bond donors (Lipinski definition) is 0. The molecule has 1 unspecified atom stereocenters. The second-order valence-electron chi connectivity index (χ2n) is 3.68. The van der Waals surface area contributed by atoms with E-state index in [9.17, 15) is 22.8 Å².